The minimum atomic E-state index is -3.79. The summed E-state index contributed by atoms with van der Waals surface area (Å²) in [5.41, 5.74) is 1.25. The van der Waals surface area contributed by atoms with Gasteiger partial charge >= 0.3 is 5.69 Å². The van der Waals surface area contributed by atoms with Crippen LogP contribution in [0.2, 0.25) is 0 Å². The first kappa shape index (κ1) is 17.0. The van der Waals surface area contributed by atoms with Gasteiger partial charge in [0.2, 0.25) is 10.0 Å². The van der Waals surface area contributed by atoms with Crippen LogP contribution in [-0.2, 0) is 10.0 Å². The number of fused-ring (bicyclic) bond motifs is 1. The second kappa shape index (κ2) is 5.88. The average Bonchev–Trinajstić information content (AvgIpc) is 3.03. The highest BCUT2D eigenvalue weighted by Crippen LogP contribution is 2.31. The number of benzene rings is 1. The van der Waals surface area contributed by atoms with Crippen LogP contribution >= 0.6 is 0 Å². The number of aromatic nitrogens is 4. The standard InChI is InChI=1S/C15H17N5O4S/c1-8(2)10-5-13-12(4-11(10)9-6-16-17-7-9)14(21)20(15(22)18-13)19-25(3,23)24/h4-8,19H,1-3H3,(H,16,17)(H,18,22). The quantitative estimate of drug-likeness (QED) is 0.628. The van der Waals surface area contributed by atoms with Gasteiger partial charge in [-0.05, 0) is 29.2 Å². The van der Waals surface area contributed by atoms with Crippen LogP contribution in [0.3, 0.4) is 0 Å². The number of rotatable bonds is 4. The number of nitrogens with one attached hydrogen (secondary N) is 3. The Hall–Kier alpha value is -2.88. The summed E-state index contributed by atoms with van der Waals surface area (Å²) in [5.74, 6) is 0.134. The number of aromatic amines is 2. The van der Waals surface area contributed by atoms with E-state index in [0.29, 0.717) is 10.2 Å². The lowest BCUT2D eigenvalue weighted by Gasteiger charge is -2.14. The van der Waals surface area contributed by atoms with Crippen molar-refractivity contribution in [2.24, 2.45) is 0 Å². The highest BCUT2D eigenvalue weighted by Gasteiger charge is 2.16. The molecule has 0 amide bonds. The molecule has 2 aromatic heterocycles. The molecule has 3 N–H and O–H groups in total. The Morgan fingerprint density at radius 2 is 1.96 bits per heavy atom. The maximum atomic E-state index is 12.6. The van der Waals surface area contributed by atoms with Gasteiger partial charge in [0.05, 0.1) is 23.4 Å². The number of hydrogen-bond acceptors (Lipinski definition) is 5. The predicted molar refractivity (Wildman–Crippen MR) is 94.7 cm³/mol. The van der Waals surface area contributed by atoms with Crippen molar-refractivity contribution in [1.29, 1.82) is 0 Å². The Balaban J connectivity index is 2.37. The van der Waals surface area contributed by atoms with E-state index in [1.807, 2.05) is 18.7 Å². The molecular weight excluding hydrogens is 346 g/mol. The van der Waals surface area contributed by atoms with Crippen molar-refractivity contribution < 1.29 is 8.42 Å². The minimum absolute atomic E-state index is 0.134. The van der Waals surface area contributed by atoms with Crippen LogP contribution in [0.4, 0.5) is 0 Å². The number of sulfonamides is 1. The van der Waals surface area contributed by atoms with E-state index in [9.17, 15) is 18.0 Å². The van der Waals surface area contributed by atoms with E-state index in [4.69, 9.17) is 0 Å². The summed E-state index contributed by atoms with van der Waals surface area (Å²) in [7, 11) is -3.79. The molecule has 0 bridgehead atoms. The summed E-state index contributed by atoms with van der Waals surface area (Å²) in [6.45, 7) is 3.99. The number of nitrogens with zero attached hydrogens (tertiary/aromatic N) is 2. The highest BCUT2D eigenvalue weighted by atomic mass is 32.2. The van der Waals surface area contributed by atoms with Crippen molar-refractivity contribution in [2.45, 2.75) is 19.8 Å². The van der Waals surface area contributed by atoms with Gasteiger partial charge in [0, 0.05) is 11.8 Å². The lowest BCUT2D eigenvalue weighted by Crippen LogP contribution is -2.43. The van der Waals surface area contributed by atoms with E-state index >= 15 is 0 Å². The van der Waals surface area contributed by atoms with Crippen molar-refractivity contribution >= 4 is 20.9 Å². The first-order valence-corrected chi connectivity index (χ1v) is 9.36. The van der Waals surface area contributed by atoms with Gasteiger partial charge in [-0.1, -0.05) is 13.8 Å². The molecule has 0 saturated heterocycles. The van der Waals surface area contributed by atoms with E-state index in [2.05, 4.69) is 15.2 Å². The third-order valence-corrected chi connectivity index (χ3v) is 4.27. The van der Waals surface area contributed by atoms with Gasteiger partial charge in [-0.25, -0.2) is 18.0 Å². The zero-order valence-electron chi connectivity index (χ0n) is 13.8. The maximum Gasteiger partial charge on any atom is 0.348 e. The van der Waals surface area contributed by atoms with E-state index < -0.39 is 21.3 Å². The molecule has 0 saturated carbocycles. The fraction of sp³-hybridized carbons (Fsp3) is 0.267. The third kappa shape index (κ3) is 3.20. The SMILES string of the molecule is CC(C)c1cc2[nH]c(=O)n(NS(C)(=O)=O)c(=O)c2cc1-c1cn[nH]c1. The molecule has 0 aliphatic carbocycles. The molecule has 0 spiro atoms. The van der Waals surface area contributed by atoms with Gasteiger partial charge in [0.1, 0.15) is 0 Å². The zero-order chi connectivity index (χ0) is 18.4. The lowest BCUT2D eigenvalue weighted by atomic mass is 9.92. The maximum absolute atomic E-state index is 12.6. The molecule has 132 valence electrons. The normalized spacial score (nSPS) is 12.0. The van der Waals surface area contributed by atoms with Crippen LogP contribution in [-0.4, -0.2) is 34.5 Å². The van der Waals surface area contributed by atoms with Crippen LogP contribution in [0.15, 0.2) is 34.1 Å². The molecule has 1 aromatic carbocycles. The first-order valence-electron chi connectivity index (χ1n) is 7.47. The summed E-state index contributed by atoms with van der Waals surface area (Å²) in [6, 6.07) is 3.37. The van der Waals surface area contributed by atoms with E-state index in [1.54, 1.807) is 24.5 Å². The summed E-state index contributed by atoms with van der Waals surface area (Å²) in [5, 5.41) is 6.84. The third-order valence-electron chi connectivity index (χ3n) is 3.76. The monoisotopic (exact) mass is 363 g/mol. The largest absolute Gasteiger partial charge is 0.348 e. The fourth-order valence-corrected chi connectivity index (χ4v) is 3.15. The molecule has 0 fully saturated rings. The van der Waals surface area contributed by atoms with Crippen LogP contribution < -0.4 is 16.1 Å². The van der Waals surface area contributed by atoms with Crippen LogP contribution in [0, 0.1) is 0 Å². The van der Waals surface area contributed by atoms with Gasteiger partial charge in [-0.3, -0.25) is 9.89 Å². The van der Waals surface area contributed by atoms with Crippen molar-refractivity contribution in [1.82, 2.24) is 19.9 Å². The van der Waals surface area contributed by atoms with Gasteiger partial charge in [-0.2, -0.15) is 9.77 Å². The number of hydrogen-bond donors (Lipinski definition) is 3. The van der Waals surface area contributed by atoms with E-state index in [-0.39, 0.29) is 11.3 Å². The zero-order valence-corrected chi connectivity index (χ0v) is 14.6. The summed E-state index contributed by atoms with van der Waals surface area (Å²) < 4.78 is 23.3. The van der Waals surface area contributed by atoms with Gasteiger partial charge in [0.15, 0.2) is 0 Å². The molecule has 3 aromatic rings. The fourth-order valence-electron chi connectivity index (χ4n) is 2.66. The van der Waals surface area contributed by atoms with E-state index in [1.165, 1.54) is 0 Å². The Bertz CT molecular complexity index is 1160. The van der Waals surface area contributed by atoms with Crippen LogP contribution in [0.1, 0.15) is 25.3 Å². The molecule has 3 rings (SSSR count). The molecule has 0 aliphatic rings. The molecule has 0 unspecified atom stereocenters. The van der Waals surface area contributed by atoms with Gasteiger partial charge < -0.3 is 4.98 Å². The predicted octanol–water partition coefficient (Wildman–Crippen LogP) is 0.706. The minimum Gasteiger partial charge on any atom is -0.305 e. The second-order valence-corrected chi connectivity index (χ2v) is 7.79. The Morgan fingerprint density at radius 3 is 2.52 bits per heavy atom. The van der Waals surface area contributed by atoms with Crippen molar-refractivity contribution in [3.05, 3.63) is 50.9 Å². The topological polar surface area (TPSA) is 130 Å². The lowest BCUT2D eigenvalue weighted by molar-refractivity contribution is 0.598. The summed E-state index contributed by atoms with van der Waals surface area (Å²) in [6.07, 6.45) is 4.19. The molecule has 2 heterocycles. The molecule has 0 radical (unpaired) electrons. The van der Waals surface area contributed by atoms with Crippen molar-refractivity contribution in [2.75, 3.05) is 11.1 Å². The Labute approximate surface area is 142 Å². The first-order chi connectivity index (χ1) is 11.7. The van der Waals surface area contributed by atoms with Gasteiger partial charge in [0.25, 0.3) is 5.56 Å². The van der Waals surface area contributed by atoms with Crippen LogP contribution in [0.5, 0.6) is 0 Å². The van der Waals surface area contributed by atoms with Crippen LogP contribution in [0.25, 0.3) is 22.0 Å². The number of H-pyrrole nitrogens is 2. The summed E-state index contributed by atoms with van der Waals surface area (Å²) in [4.78, 5) is 29.2. The summed E-state index contributed by atoms with van der Waals surface area (Å²) >= 11 is 0. The second-order valence-electron chi connectivity index (χ2n) is 6.06. The molecule has 9 nitrogen and oxygen atoms in total. The average molecular weight is 363 g/mol. The highest BCUT2D eigenvalue weighted by molar-refractivity contribution is 7.91. The van der Waals surface area contributed by atoms with Crippen molar-refractivity contribution in [3.8, 4) is 11.1 Å². The molecular formula is C15H17N5O4S. The van der Waals surface area contributed by atoms with E-state index in [0.717, 1.165) is 22.9 Å². The smallest absolute Gasteiger partial charge is 0.305 e. The van der Waals surface area contributed by atoms with Gasteiger partial charge in [-0.15, -0.1) is 0 Å². The molecule has 10 heteroatoms. The molecule has 0 aliphatic heterocycles. The molecule has 0 atom stereocenters. The van der Waals surface area contributed by atoms with Crippen molar-refractivity contribution in [3.63, 3.8) is 0 Å². The Kier molecular flexibility index (Phi) is 3.99. The molecule has 25 heavy (non-hydrogen) atoms. The Morgan fingerprint density at radius 1 is 1.24 bits per heavy atom.